The largest absolute Gasteiger partial charge is 0.472 e. The van der Waals surface area contributed by atoms with Crippen LogP contribution in [0, 0.1) is 0 Å². The first-order chi connectivity index (χ1) is 51.2. The van der Waals surface area contributed by atoms with Gasteiger partial charge in [-0.15, -0.1) is 0 Å². The number of esters is 3. The van der Waals surface area contributed by atoms with Crippen LogP contribution in [0.2, 0.25) is 0 Å². The first kappa shape index (κ1) is 100. The molecule has 0 spiro atoms. The van der Waals surface area contributed by atoms with Gasteiger partial charge in [-0.25, -0.2) is 9.13 Å². The average molecular weight is 1510 g/mol. The van der Waals surface area contributed by atoms with Crippen LogP contribution in [0.15, 0.2) is 158 Å². The summed E-state index contributed by atoms with van der Waals surface area (Å²) in [6.45, 7) is 2.39. The number of carbonyl (C=O) groups excluding carboxylic acids is 3. The van der Waals surface area contributed by atoms with Crippen LogP contribution in [0.25, 0.3) is 0 Å². The van der Waals surface area contributed by atoms with E-state index in [-0.39, 0.29) is 19.3 Å². The average Bonchev–Trinajstić information content (AvgIpc) is 1.81. The zero-order valence-corrected chi connectivity index (χ0v) is 67.4. The highest BCUT2D eigenvalue weighted by atomic mass is 31.2. The van der Waals surface area contributed by atoms with E-state index >= 15 is 0 Å². The van der Waals surface area contributed by atoms with Crippen molar-refractivity contribution >= 4 is 33.6 Å². The summed E-state index contributed by atoms with van der Waals surface area (Å²) in [5.74, 6) is -1.60. The van der Waals surface area contributed by atoms with Crippen LogP contribution in [0.1, 0.15) is 316 Å². The molecule has 0 heterocycles. The van der Waals surface area contributed by atoms with E-state index < -0.39 is 91.5 Å². The van der Waals surface area contributed by atoms with Gasteiger partial charge in [-0.1, -0.05) is 314 Å². The maximum atomic E-state index is 12.9. The highest BCUT2D eigenvalue weighted by Gasteiger charge is 2.29. The van der Waals surface area contributed by atoms with E-state index in [1.54, 1.807) is 0 Å². The van der Waals surface area contributed by atoms with Crippen LogP contribution in [0.4, 0.5) is 0 Å². The molecule has 0 saturated heterocycles. The maximum Gasteiger partial charge on any atom is 0.472 e. The standard InChI is InChI=1S/C87H146O16P2/c1-4-7-10-13-16-19-22-24-26-28-30-32-34-36-38-40-42-44-46-48-50-52-54-56-59-61-64-67-70-73-85(90)97-76-82(88)77-99-104(93,94)100-78-83(89)79-101-105(95,96)102-81-84(103-87(92)75-72-69-66-63-58-21-18-15-12-9-6-3)80-98-86(91)74-71-68-65-62-60-57-55-53-51-49-47-45-43-41-39-37-35-33-31-29-27-25-23-20-17-14-11-8-5-2/h7-8,10-11,15-20,24-27,30-33,36-39,42-45,82-84,88-89H,4-6,9,12-14,21-23,28-29,34-35,40-41,46-81H2,1-3H3,(H,93,94)(H,95,96)/b10-7-,11-8-,18-15-,19-16-,20-17-,26-24-,27-25-,32-30-,33-31-,38-36-,39-37-,44-42-,45-43-. The first-order valence-corrected chi connectivity index (χ1v) is 43.8. The van der Waals surface area contributed by atoms with Gasteiger partial charge in [-0.3, -0.25) is 32.5 Å². The van der Waals surface area contributed by atoms with E-state index in [0.717, 1.165) is 180 Å². The van der Waals surface area contributed by atoms with Gasteiger partial charge in [-0.2, -0.15) is 0 Å². The summed E-state index contributed by atoms with van der Waals surface area (Å²) in [4.78, 5) is 58.6. The van der Waals surface area contributed by atoms with Crippen LogP contribution >= 0.6 is 15.6 Å². The predicted molar refractivity (Wildman–Crippen MR) is 435 cm³/mol. The van der Waals surface area contributed by atoms with Crippen LogP contribution in [0.3, 0.4) is 0 Å². The molecule has 0 radical (unpaired) electrons. The fraction of sp³-hybridized carbons (Fsp3) is 0.667. The van der Waals surface area contributed by atoms with Crippen molar-refractivity contribution in [3.8, 4) is 0 Å². The third-order valence-electron chi connectivity index (χ3n) is 16.7. The molecule has 16 nitrogen and oxygen atoms in total. The Labute approximate surface area is 638 Å². The second-order valence-electron chi connectivity index (χ2n) is 26.8. The third kappa shape index (κ3) is 80.0. The maximum absolute atomic E-state index is 12.9. The Morgan fingerprint density at radius 2 is 0.505 bits per heavy atom. The summed E-state index contributed by atoms with van der Waals surface area (Å²) in [5, 5.41) is 20.6. The van der Waals surface area contributed by atoms with Crippen molar-refractivity contribution in [3.05, 3.63) is 158 Å². The first-order valence-electron chi connectivity index (χ1n) is 40.8. The number of ether oxygens (including phenoxy) is 3. The molecule has 0 fully saturated rings. The quantitative estimate of drug-likeness (QED) is 0.0146. The molecule has 0 aromatic carbocycles. The van der Waals surface area contributed by atoms with Crippen molar-refractivity contribution in [2.45, 2.75) is 334 Å². The molecule has 5 atom stereocenters. The van der Waals surface area contributed by atoms with Gasteiger partial charge in [0.1, 0.15) is 25.4 Å². The molecule has 0 aliphatic rings. The van der Waals surface area contributed by atoms with E-state index in [1.807, 2.05) is 0 Å². The normalized spacial score (nSPS) is 14.8. The van der Waals surface area contributed by atoms with Gasteiger partial charge >= 0.3 is 33.6 Å². The number of hydrogen-bond donors (Lipinski definition) is 4. The number of phosphoric acid groups is 2. The fourth-order valence-electron chi connectivity index (χ4n) is 10.6. The molecule has 0 saturated carbocycles. The lowest BCUT2D eigenvalue weighted by atomic mass is 10.1. The molecule has 18 heteroatoms. The van der Waals surface area contributed by atoms with E-state index in [2.05, 4.69) is 179 Å². The van der Waals surface area contributed by atoms with Crippen LogP contribution in [-0.4, -0.2) is 95.9 Å². The molecule has 600 valence electrons. The number of allylic oxidation sites excluding steroid dienone is 26. The summed E-state index contributed by atoms with van der Waals surface area (Å²) in [5.41, 5.74) is 0. The Bertz CT molecular complexity index is 2540. The number of rotatable bonds is 76. The second kappa shape index (κ2) is 78.7. The summed E-state index contributed by atoms with van der Waals surface area (Å²) in [6.07, 6.45) is 98.8. The molecule has 105 heavy (non-hydrogen) atoms. The van der Waals surface area contributed by atoms with Crippen molar-refractivity contribution in [2.75, 3.05) is 39.6 Å². The van der Waals surface area contributed by atoms with Crippen LogP contribution in [-0.2, 0) is 55.8 Å². The topological polar surface area (TPSA) is 231 Å². The van der Waals surface area contributed by atoms with Gasteiger partial charge in [0.2, 0.25) is 0 Å². The lowest BCUT2D eigenvalue weighted by molar-refractivity contribution is -0.161. The van der Waals surface area contributed by atoms with Crippen molar-refractivity contribution in [1.29, 1.82) is 0 Å². The number of unbranched alkanes of at least 4 members (excludes halogenated alkanes) is 27. The van der Waals surface area contributed by atoms with E-state index in [1.165, 1.54) is 77.0 Å². The minimum absolute atomic E-state index is 0.0899. The molecule has 0 aromatic rings. The molecule has 0 bridgehead atoms. The summed E-state index contributed by atoms with van der Waals surface area (Å²) >= 11 is 0. The number of aliphatic hydroxyl groups is 2. The number of phosphoric ester groups is 2. The van der Waals surface area contributed by atoms with Gasteiger partial charge in [0.05, 0.1) is 26.4 Å². The van der Waals surface area contributed by atoms with E-state index in [0.29, 0.717) is 19.3 Å². The van der Waals surface area contributed by atoms with E-state index in [4.69, 9.17) is 32.3 Å². The lowest BCUT2D eigenvalue weighted by Crippen LogP contribution is -2.30. The van der Waals surface area contributed by atoms with Crippen molar-refractivity contribution in [3.63, 3.8) is 0 Å². The molecular weight excluding hydrogens is 1360 g/mol. The molecule has 0 rings (SSSR count). The summed E-state index contributed by atoms with van der Waals surface area (Å²) < 4.78 is 61.1. The van der Waals surface area contributed by atoms with Crippen LogP contribution < -0.4 is 0 Å². The van der Waals surface area contributed by atoms with Gasteiger partial charge in [0.15, 0.2) is 6.10 Å². The Kier molecular flexibility index (Phi) is 75.1. The number of hydrogen-bond acceptors (Lipinski definition) is 14. The molecular formula is C87H146O16P2. The van der Waals surface area contributed by atoms with Gasteiger partial charge in [-0.05, 0) is 141 Å². The van der Waals surface area contributed by atoms with Crippen molar-refractivity contribution < 1.29 is 75.8 Å². The smallest absolute Gasteiger partial charge is 0.463 e. The van der Waals surface area contributed by atoms with Crippen LogP contribution in [0.5, 0.6) is 0 Å². The molecule has 0 amide bonds. The molecule has 0 aromatic heterocycles. The Balaban J connectivity index is 4.46. The Morgan fingerprint density at radius 3 is 0.810 bits per heavy atom. The lowest BCUT2D eigenvalue weighted by Gasteiger charge is -2.21. The van der Waals surface area contributed by atoms with Gasteiger partial charge in [0, 0.05) is 19.3 Å². The summed E-state index contributed by atoms with van der Waals surface area (Å²) in [7, 11) is -9.80. The number of aliphatic hydroxyl groups excluding tert-OH is 2. The Hall–Kier alpha value is -4.83. The second-order valence-corrected chi connectivity index (χ2v) is 29.7. The zero-order valence-electron chi connectivity index (χ0n) is 65.6. The molecule has 0 aliphatic heterocycles. The highest BCUT2D eigenvalue weighted by molar-refractivity contribution is 7.47. The molecule has 4 N–H and O–H groups in total. The highest BCUT2D eigenvalue weighted by Crippen LogP contribution is 2.45. The predicted octanol–water partition coefficient (Wildman–Crippen LogP) is 24.2. The minimum atomic E-state index is -4.93. The summed E-state index contributed by atoms with van der Waals surface area (Å²) in [6, 6.07) is 0. The van der Waals surface area contributed by atoms with Crippen molar-refractivity contribution in [2.24, 2.45) is 0 Å². The SMILES string of the molecule is CC/C=C\C/C=C\C/C=C\C/C=C\C/C=C\C/C=C\CCCCCCCCCCCCC(=O)OCC(O)COP(=O)(O)OCC(O)COP(=O)(O)OCC(COC(=O)CCCCCCCCCCCC/C=C\C/C=C\C/C=C\C/C=C\C/C=C\C/C=C\CC)OC(=O)CCCCCCC/C=C\CCCC. The monoisotopic (exact) mass is 1510 g/mol. The minimum Gasteiger partial charge on any atom is -0.463 e. The van der Waals surface area contributed by atoms with Gasteiger partial charge in [0.25, 0.3) is 0 Å². The van der Waals surface area contributed by atoms with Gasteiger partial charge < -0.3 is 34.2 Å². The fourth-order valence-corrected chi connectivity index (χ4v) is 12.1. The zero-order chi connectivity index (χ0) is 76.6. The Morgan fingerprint density at radius 1 is 0.276 bits per heavy atom. The molecule has 0 aliphatic carbocycles. The third-order valence-corrected chi connectivity index (χ3v) is 18.6. The van der Waals surface area contributed by atoms with E-state index in [9.17, 15) is 43.5 Å². The molecule has 5 unspecified atom stereocenters. The van der Waals surface area contributed by atoms with Crippen molar-refractivity contribution in [1.82, 2.24) is 0 Å². The number of carbonyl (C=O) groups is 3.